The van der Waals surface area contributed by atoms with Gasteiger partial charge in [0.05, 0.1) is 20.3 Å². The molecule has 0 amide bonds. The number of piperidine rings is 1. The summed E-state index contributed by atoms with van der Waals surface area (Å²) in [6.07, 6.45) is 4.55. The lowest BCUT2D eigenvalue weighted by Crippen LogP contribution is -2.44. The van der Waals surface area contributed by atoms with Crippen LogP contribution in [-0.2, 0) is 11.3 Å². The van der Waals surface area contributed by atoms with Crippen molar-refractivity contribution in [1.82, 2.24) is 14.8 Å². The van der Waals surface area contributed by atoms with Crippen molar-refractivity contribution in [2.24, 2.45) is 11.3 Å². The highest BCUT2D eigenvalue weighted by molar-refractivity contribution is 5.18. The quantitative estimate of drug-likeness (QED) is 0.844. The first-order valence-electron chi connectivity index (χ1n) is 9.27. The second-order valence-electron chi connectivity index (χ2n) is 7.62. The van der Waals surface area contributed by atoms with Crippen molar-refractivity contribution in [2.45, 2.75) is 32.4 Å². The van der Waals surface area contributed by atoms with E-state index in [0.29, 0.717) is 17.3 Å². The van der Waals surface area contributed by atoms with Crippen LogP contribution in [0.25, 0.3) is 0 Å². The first-order chi connectivity index (χ1) is 11.7. The molecule has 3 aliphatic rings. The smallest absolute Gasteiger partial charge is 0.212 e. The van der Waals surface area contributed by atoms with E-state index in [0.717, 1.165) is 32.2 Å². The Morgan fingerprint density at radius 2 is 2.12 bits per heavy atom. The number of hydrogen-bond donors (Lipinski definition) is 0. The second kappa shape index (κ2) is 6.62. The molecule has 1 aromatic heterocycles. The lowest BCUT2D eigenvalue weighted by atomic mass is 9.70. The molecule has 0 unspecified atom stereocenters. The van der Waals surface area contributed by atoms with Crippen LogP contribution >= 0.6 is 0 Å². The molecule has 0 saturated carbocycles. The number of ether oxygens (including phenoxy) is 2. The van der Waals surface area contributed by atoms with Crippen LogP contribution in [0.2, 0.25) is 0 Å². The average molecular weight is 331 g/mol. The van der Waals surface area contributed by atoms with E-state index in [9.17, 15) is 0 Å². The number of likely N-dealkylation sites (N-methyl/N-ethyl adjacent to an activating group) is 1. The number of likely N-dealkylation sites (tertiary alicyclic amines) is 2. The van der Waals surface area contributed by atoms with Gasteiger partial charge in [0.15, 0.2) is 0 Å². The van der Waals surface area contributed by atoms with Gasteiger partial charge in [0.25, 0.3) is 0 Å². The molecule has 0 N–H and O–H groups in total. The van der Waals surface area contributed by atoms with Gasteiger partial charge >= 0.3 is 0 Å². The van der Waals surface area contributed by atoms with Crippen LogP contribution in [0.15, 0.2) is 18.3 Å². The van der Waals surface area contributed by atoms with E-state index in [1.165, 1.54) is 38.0 Å². The molecule has 4 rings (SSSR count). The van der Waals surface area contributed by atoms with Crippen LogP contribution in [-0.4, -0.2) is 67.3 Å². The van der Waals surface area contributed by atoms with Crippen LogP contribution in [0.4, 0.5) is 0 Å². The number of pyridine rings is 1. The third-order valence-corrected chi connectivity index (χ3v) is 6.49. The fourth-order valence-corrected chi connectivity index (χ4v) is 5.04. The molecule has 5 nitrogen and oxygen atoms in total. The number of fused-ring (bicyclic) bond motifs is 2. The zero-order valence-corrected chi connectivity index (χ0v) is 14.9. The molecular formula is C19H29N3O2. The number of nitrogens with zero attached hydrogens (tertiary/aromatic N) is 3. The molecule has 2 atom stereocenters. The van der Waals surface area contributed by atoms with E-state index in [1.807, 2.05) is 12.3 Å². The van der Waals surface area contributed by atoms with Gasteiger partial charge in [-0.3, -0.25) is 9.80 Å². The fourth-order valence-electron chi connectivity index (χ4n) is 5.04. The molecule has 0 aromatic carbocycles. The number of aromatic nitrogens is 1. The molecule has 5 heteroatoms. The van der Waals surface area contributed by atoms with E-state index in [-0.39, 0.29) is 0 Å². The predicted octanol–water partition coefficient (Wildman–Crippen LogP) is 2.02. The summed E-state index contributed by atoms with van der Waals surface area (Å²) in [7, 11) is 1.66. The van der Waals surface area contributed by atoms with Crippen molar-refractivity contribution in [3.05, 3.63) is 23.9 Å². The standard InChI is InChI=1S/C19H29N3O2/c1-3-22-14-19(16-12-24-13-17(16)22)6-8-21(9-7-19)11-15-4-5-18(23-2)20-10-15/h4-5,10,16-17H,3,6-9,11-14H2,1-2H3/t16-,17+/m0/s1. The van der Waals surface area contributed by atoms with Gasteiger partial charge in [0.2, 0.25) is 5.88 Å². The minimum Gasteiger partial charge on any atom is -0.481 e. The highest BCUT2D eigenvalue weighted by atomic mass is 16.5. The monoisotopic (exact) mass is 331 g/mol. The summed E-state index contributed by atoms with van der Waals surface area (Å²) in [5.74, 6) is 1.44. The Hall–Kier alpha value is -1.17. The predicted molar refractivity (Wildman–Crippen MR) is 93.1 cm³/mol. The lowest BCUT2D eigenvalue weighted by Gasteiger charge is -2.42. The van der Waals surface area contributed by atoms with Crippen LogP contribution in [0.1, 0.15) is 25.3 Å². The van der Waals surface area contributed by atoms with Crippen LogP contribution in [0, 0.1) is 11.3 Å². The molecule has 0 bridgehead atoms. The summed E-state index contributed by atoms with van der Waals surface area (Å²) in [6, 6.07) is 4.76. The van der Waals surface area contributed by atoms with Crippen molar-refractivity contribution in [3.8, 4) is 5.88 Å². The first kappa shape index (κ1) is 16.3. The van der Waals surface area contributed by atoms with E-state index < -0.39 is 0 Å². The molecule has 0 aliphatic carbocycles. The topological polar surface area (TPSA) is 37.8 Å². The zero-order valence-electron chi connectivity index (χ0n) is 14.9. The molecule has 3 saturated heterocycles. The molecule has 0 radical (unpaired) electrons. The van der Waals surface area contributed by atoms with E-state index in [2.05, 4.69) is 27.8 Å². The van der Waals surface area contributed by atoms with Crippen LogP contribution in [0.5, 0.6) is 5.88 Å². The molecule has 24 heavy (non-hydrogen) atoms. The maximum Gasteiger partial charge on any atom is 0.212 e. The number of hydrogen-bond acceptors (Lipinski definition) is 5. The molecule has 1 aromatic rings. The van der Waals surface area contributed by atoms with Crippen LogP contribution in [0.3, 0.4) is 0 Å². The molecular weight excluding hydrogens is 302 g/mol. The number of methoxy groups -OCH3 is 1. The van der Waals surface area contributed by atoms with Gasteiger partial charge in [-0.05, 0) is 43.5 Å². The van der Waals surface area contributed by atoms with Gasteiger partial charge in [-0.1, -0.05) is 13.0 Å². The minimum atomic E-state index is 0.492. The van der Waals surface area contributed by atoms with Crippen molar-refractivity contribution in [3.63, 3.8) is 0 Å². The Labute approximate surface area is 144 Å². The van der Waals surface area contributed by atoms with Crippen LogP contribution < -0.4 is 4.74 Å². The summed E-state index contributed by atoms with van der Waals surface area (Å²) >= 11 is 0. The minimum absolute atomic E-state index is 0.492. The number of rotatable bonds is 4. The van der Waals surface area contributed by atoms with Gasteiger partial charge < -0.3 is 9.47 Å². The summed E-state index contributed by atoms with van der Waals surface area (Å²) < 4.78 is 11.0. The maximum atomic E-state index is 5.84. The zero-order chi connectivity index (χ0) is 16.6. The Kier molecular flexibility index (Phi) is 4.50. The third-order valence-electron chi connectivity index (χ3n) is 6.49. The van der Waals surface area contributed by atoms with E-state index in [4.69, 9.17) is 9.47 Å². The molecule has 1 spiro atoms. The maximum absolute atomic E-state index is 5.84. The Bertz CT molecular complexity index is 554. The lowest BCUT2D eigenvalue weighted by molar-refractivity contribution is 0.0477. The normalized spacial score (nSPS) is 29.9. The molecule has 4 heterocycles. The van der Waals surface area contributed by atoms with E-state index >= 15 is 0 Å². The SMILES string of the molecule is CCN1CC2(CCN(Cc3ccc(OC)nc3)CC2)[C@H]2COC[C@H]21. The summed E-state index contributed by atoms with van der Waals surface area (Å²) in [6.45, 7) is 10.0. The fraction of sp³-hybridized carbons (Fsp3) is 0.737. The van der Waals surface area contributed by atoms with Gasteiger partial charge in [-0.25, -0.2) is 4.98 Å². The van der Waals surface area contributed by atoms with Gasteiger partial charge in [-0.15, -0.1) is 0 Å². The molecule has 132 valence electrons. The Morgan fingerprint density at radius 1 is 1.29 bits per heavy atom. The molecule has 3 fully saturated rings. The highest BCUT2D eigenvalue weighted by Crippen LogP contribution is 2.50. The summed E-state index contributed by atoms with van der Waals surface area (Å²) in [4.78, 5) is 9.57. The van der Waals surface area contributed by atoms with Crippen molar-refractivity contribution < 1.29 is 9.47 Å². The Balaban J connectivity index is 1.38. The van der Waals surface area contributed by atoms with Crippen molar-refractivity contribution in [2.75, 3.05) is 46.5 Å². The Morgan fingerprint density at radius 3 is 2.79 bits per heavy atom. The van der Waals surface area contributed by atoms with Crippen molar-refractivity contribution >= 4 is 0 Å². The van der Waals surface area contributed by atoms with Crippen molar-refractivity contribution in [1.29, 1.82) is 0 Å². The third kappa shape index (κ3) is 2.83. The van der Waals surface area contributed by atoms with Gasteiger partial charge in [0, 0.05) is 37.3 Å². The highest BCUT2D eigenvalue weighted by Gasteiger charge is 2.54. The average Bonchev–Trinajstić information content (AvgIpc) is 3.21. The summed E-state index contributed by atoms with van der Waals surface area (Å²) in [5, 5.41) is 0. The largest absolute Gasteiger partial charge is 0.481 e. The summed E-state index contributed by atoms with van der Waals surface area (Å²) in [5.41, 5.74) is 1.77. The van der Waals surface area contributed by atoms with Gasteiger partial charge in [0.1, 0.15) is 0 Å². The second-order valence-corrected chi connectivity index (χ2v) is 7.62. The van der Waals surface area contributed by atoms with Gasteiger partial charge in [-0.2, -0.15) is 0 Å². The first-order valence-corrected chi connectivity index (χ1v) is 9.27. The molecule has 3 aliphatic heterocycles. The van der Waals surface area contributed by atoms with E-state index in [1.54, 1.807) is 7.11 Å².